The second kappa shape index (κ2) is 7.52. The fraction of sp³-hybridized carbons (Fsp3) is 0.467. The summed E-state index contributed by atoms with van der Waals surface area (Å²) < 4.78 is 10.3. The molecule has 6 nitrogen and oxygen atoms in total. The van der Waals surface area contributed by atoms with Gasteiger partial charge in [-0.15, -0.1) is 0 Å². The van der Waals surface area contributed by atoms with E-state index < -0.39 is 12.0 Å². The Labute approximate surface area is 124 Å². The Balaban J connectivity index is 2.77. The fourth-order valence-corrected chi connectivity index (χ4v) is 1.91. The van der Waals surface area contributed by atoms with Crippen molar-refractivity contribution in [3.05, 3.63) is 23.8 Å². The van der Waals surface area contributed by atoms with E-state index in [4.69, 9.17) is 14.6 Å². The molecule has 0 aliphatic heterocycles. The number of rotatable bonds is 7. The molecule has 116 valence electrons. The minimum Gasteiger partial charge on any atom is -0.493 e. The van der Waals surface area contributed by atoms with Gasteiger partial charge in [0, 0.05) is 0 Å². The van der Waals surface area contributed by atoms with Crippen LogP contribution in [0.1, 0.15) is 19.4 Å². The van der Waals surface area contributed by atoms with Crippen LogP contribution in [0.2, 0.25) is 0 Å². The zero-order chi connectivity index (χ0) is 16.0. The van der Waals surface area contributed by atoms with Crippen LogP contribution in [0.25, 0.3) is 0 Å². The SMILES string of the molecule is COc1ccc(CC(=O)N[C@H](C(=O)O)C(C)C)cc1OC. The number of hydrogen-bond acceptors (Lipinski definition) is 4. The van der Waals surface area contributed by atoms with Gasteiger partial charge >= 0.3 is 5.97 Å². The molecule has 1 amide bonds. The average Bonchev–Trinajstić information content (AvgIpc) is 2.43. The molecule has 1 rings (SSSR count). The highest BCUT2D eigenvalue weighted by Crippen LogP contribution is 2.27. The summed E-state index contributed by atoms with van der Waals surface area (Å²) in [5.74, 6) is -0.459. The molecule has 2 N–H and O–H groups in total. The Hall–Kier alpha value is -2.24. The minimum atomic E-state index is -1.04. The van der Waals surface area contributed by atoms with E-state index in [0.29, 0.717) is 11.5 Å². The van der Waals surface area contributed by atoms with Crippen LogP contribution in [0.3, 0.4) is 0 Å². The number of carbonyl (C=O) groups is 2. The van der Waals surface area contributed by atoms with Crippen LogP contribution in [-0.2, 0) is 16.0 Å². The lowest BCUT2D eigenvalue weighted by Gasteiger charge is -2.18. The van der Waals surface area contributed by atoms with Gasteiger partial charge in [-0.1, -0.05) is 19.9 Å². The van der Waals surface area contributed by atoms with Gasteiger partial charge in [-0.05, 0) is 23.6 Å². The average molecular weight is 295 g/mol. The highest BCUT2D eigenvalue weighted by atomic mass is 16.5. The van der Waals surface area contributed by atoms with Crippen molar-refractivity contribution in [2.24, 2.45) is 5.92 Å². The molecule has 0 aliphatic rings. The maximum Gasteiger partial charge on any atom is 0.326 e. The molecule has 0 fully saturated rings. The van der Waals surface area contributed by atoms with Gasteiger partial charge in [0.05, 0.1) is 20.6 Å². The molecule has 21 heavy (non-hydrogen) atoms. The van der Waals surface area contributed by atoms with Crippen LogP contribution in [0.5, 0.6) is 11.5 Å². The second-order valence-corrected chi connectivity index (χ2v) is 4.99. The van der Waals surface area contributed by atoms with Crippen LogP contribution >= 0.6 is 0 Å². The van der Waals surface area contributed by atoms with Crippen molar-refractivity contribution < 1.29 is 24.2 Å². The molecule has 0 aliphatic carbocycles. The summed E-state index contributed by atoms with van der Waals surface area (Å²) in [6.45, 7) is 3.49. The van der Waals surface area contributed by atoms with Crippen LogP contribution < -0.4 is 14.8 Å². The van der Waals surface area contributed by atoms with E-state index in [0.717, 1.165) is 5.56 Å². The van der Waals surface area contributed by atoms with Crippen LogP contribution in [-0.4, -0.2) is 37.2 Å². The number of amides is 1. The first-order chi connectivity index (χ1) is 9.88. The van der Waals surface area contributed by atoms with Gasteiger partial charge in [0.2, 0.25) is 5.91 Å². The number of carbonyl (C=O) groups excluding carboxylic acids is 1. The summed E-state index contributed by atoms with van der Waals surface area (Å²) in [6.07, 6.45) is 0.0802. The molecule has 6 heteroatoms. The van der Waals surface area contributed by atoms with Crippen molar-refractivity contribution in [2.75, 3.05) is 14.2 Å². The lowest BCUT2D eigenvalue weighted by Crippen LogP contribution is -2.44. The molecule has 1 atom stereocenters. The van der Waals surface area contributed by atoms with E-state index >= 15 is 0 Å². The van der Waals surface area contributed by atoms with Crippen molar-refractivity contribution >= 4 is 11.9 Å². The van der Waals surface area contributed by atoms with Crippen molar-refractivity contribution in [3.8, 4) is 11.5 Å². The maximum absolute atomic E-state index is 11.9. The van der Waals surface area contributed by atoms with Gasteiger partial charge in [-0.3, -0.25) is 4.79 Å². The quantitative estimate of drug-likeness (QED) is 0.795. The Morgan fingerprint density at radius 2 is 1.81 bits per heavy atom. The second-order valence-electron chi connectivity index (χ2n) is 4.99. The number of aliphatic carboxylic acids is 1. The summed E-state index contributed by atoms with van der Waals surface area (Å²) in [7, 11) is 3.05. The molecule has 0 saturated heterocycles. The van der Waals surface area contributed by atoms with Gasteiger partial charge in [0.25, 0.3) is 0 Å². The first-order valence-electron chi connectivity index (χ1n) is 6.62. The summed E-state index contributed by atoms with van der Waals surface area (Å²) in [5.41, 5.74) is 0.720. The summed E-state index contributed by atoms with van der Waals surface area (Å²) in [6, 6.07) is 4.26. The zero-order valence-electron chi connectivity index (χ0n) is 12.7. The summed E-state index contributed by atoms with van der Waals surface area (Å²) in [4.78, 5) is 23.0. The van der Waals surface area contributed by atoms with Gasteiger partial charge in [-0.25, -0.2) is 4.79 Å². The topological polar surface area (TPSA) is 84.9 Å². The Morgan fingerprint density at radius 3 is 2.29 bits per heavy atom. The van der Waals surface area contributed by atoms with Gasteiger partial charge in [0.15, 0.2) is 11.5 Å². The number of carboxylic acids is 1. The Bertz CT molecular complexity index is 513. The number of ether oxygens (including phenoxy) is 2. The van der Waals surface area contributed by atoms with Crippen LogP contribution in [0, 0.1) is 5.92 Å². The smallest absolute Gasteiger partial charge is 0.326 e. The molecule has 0 radical (unpaired) electrons. The standard InChI is InChI=1S/C15H21NO5/c1-9(2)14(15(18)19)16-13(17)8-10-5-6-11(20-3)12(7-10)21-4/h5-7,9,14H,8H2,1-4H3,(H,16,17)(H,18,19)/t14-/m0/s1. The third kappa shape index (κ3) is 4.66. The molecule has 0 bridgehead atoms. The number of hydrogen-bond donors (Lipinski definition) is 2. The van der Waals surface area contributed by atoms with Crippen molar-refractivity contribution in [3.63, 3.8) is 0 Å². The highest BCUT2D eigenvalue weighted by molar-refractivity contribution is 5.85. The van der Waals surface area contributed by atoms with Crippen LogP contribution in [0.15, 0.2) is 18.2 Å². The van der Waals surface area contributed by atoms with E-state index in [1.54, 1.807) is 32.0 Å². The number of benzene rings is 1. The zero-order valence-corrected chi connectivity index (χ0v) is 12.7. The molecule has 1 aromatic carbocycles. The Kier molecular flexibility index (Phi) is 6.02. The molecule has 0 aromatic heterocycles. The molecule has 0 saturated carbocycles. The first-order valence-corrected chi connectivity index (χ1v) is 6.62. The third-order valence-electron chi connectivity index (χ3n) is 3.06. The number of carboxylic acid groups (broad SMARTS) is 1. The van der Waals surface area contributed by atoms with Crippen molar-refractivity contribution in [1.29, 1.82) is 0 Å². The monoisotopic (exact) mass is 295 g/mol. The largest absolute Gasteiger partial charge is 0.493 e. The van der Waals surface area contributed by atoms with E-state index in [1.807, 2.05) is 0 Å². The van der Waals surface area contributed by atoms with E-state index in [9.17, 15) is 9.59 Å². The highest BCUT2D eigenvalue weighted by Gasteiger charge is 2.23. The summed E-state index contributed by atoms with van der Waals surface area (Å²) >= 11 is 0. The molecule has 0 spiro atoms. The first kappa shape index (κ1) is 16.8. The Morgan fingerprint density at radius 1 is 1.19 bits per heavy atom. The molecule has 0 unspecified atom stereocenters. The van der Waals surface area contributed by atoms with E-state index in [1.165, 1.54) is 14.2 Å². The predicted octanol–water partition coefficient (Wildman–Crippen LogP) is 1.47. The molecule has 1 aromatic rings. The van der Waals surface area contributed by atoms with Crippen LogP contribution in [0.4, 0.5) is 0 Å². The predicted molar refractivity (Wildman–Crippen MR) is 77.7 cm³/mol. The molecular weight excluding hydrogens is 274 g/mol. The summed E-state index contributed by atoms with van der Waals surface area (Å²) in [5, 5.41) is 11.6. The number of methoxy groups -OCH3 is 2. The molecular formula is C15H21NO5. The van der Waals surface area contributed by atoms with Gasteiger partial charge in [0.1, 0.15) is 6.04 Å². The maximum atomic E-state index is 11.9. The van der Waals surface area contributed by atoms with Gasteiger partial charge in [-0.2, -0.15) is 0 Å². The normalized spacial score (nSPS) is 11.9. The minimum absolute atomic E-state index is 0.0802. The number of nitrogens with one attached hydrogen (secondary N) is 1. The lowest BCUT2D eigenvalue weighted by atomic mass is 10.0. The lowest BCUT2D eigenvalue weighted by molar-refractivity contribution is -0.143. The van der Waals surface area contributed by atoms with E-state index in [2.05, 4.69) is 5.32 Å². The van der Waals surface area contributed by atoms with E-state index in [-0.39, 0.29) is 18.2 Å². The third-order valence-corrected chi connectivity index (χ3v) is 3.06. The molecule has 0 heterocycles. The van der Waals surface area contributed by atoms with Crippen molar-refractivity contribution in [1.82, 2.24) is 5.32 Å². The fourth-order valence-electron chi connectivity index (χ4n) is 1.91. The van der Waals surface area contributed by atoms with Gasteiger partial charge < -0.3 is 19.9 Å². The van der Waals surface area contributed by atoms with Crippen molar-refractivity contribution in [2.45, 2.75) is 26.3 Å².